The Morgan fingerprint density at radius 1 is 1.18 bits per heavy atom. The molecule has 0 spiro atoms. The summed E-state index contributed by atoms with van der Waals surface area (Å²) in [4.78, 5) is 29.2. The fourth-order valence-corrected chi connectivity index (χ4v) is 5.60. The number of rotatable bonds is 5. The van der Waals surface area contributed by atoms with Crippen molar-refractivity contribution in [1.29, 1.82) is 0 Å². The van der Waals surface area contributed by atoms with E-state index in [0.29, 0.717) is 5.69 Å². The molecule has 3 N–H and O–H groups in total. The van der Waals surface area contributed by atoms with Gasteiger partial charge >= 0.3 is 0 Å². The predicted octanol–water partition coefficient (Wildman–Crippen LogP) is 3.37. The molecule has 2 fully saturated rings. The van der Waals surface area contributed by atoms with Gasteiger partial charge in [-0.25, -0.2) is 0 Å². The summed E-state index contributed by atoms with van der Waals surface area (Å²) >= 11 is 0. The van der Waals surface area contributed by atoms with Crippen molar-refractivity contribution in [2.24, 2.45) is 0 Å². The van der Waals surface area contributed by atoms with Crippen LogP contribution in [0.4, 0.5) is 5.69 Å². The number of likely N-dealkylation sites (tertiary alicyclic amines) is 1. The van der Waals surface area contributed by atoms with Crippen molar-refractivity contribution in [2.45, 2.75) is 56.1 Å². The fraction of sp³-hybridized carbons (Fsp3) is 0.423. The molecule has 0 radical (unpaired) electrons. The molecule has 1 aliphatic heterocycles. The van der Waals surface area contributed by atoms with Gasteiger partial charge in [0, 0.05) is 11.8 Å². The molecule has 0 unspecified atom stereocenters. The zero-order chi connectivity index (χ0) is 23.9. The number of anilines is 1. The lowest BCUT2D eigenvalue weighted by Crippen LogP contribution is -2.51. The van der Waals surface area contributed by atoms with Crippen molar-refractivity contribution < 1.29 is 19.4 Å². The minimum atomic E-state index is -1.14. The lowest BCUT2D eigenvalue weighted by molar-refractivity contribution is -0.142. The SMILES string of the molecule is COc1ccc(C2(C(=O)N3C[C@](C)(O)C[C@@H]3C(=O)Nc3cccc4[nH]ncc34)CCCC2)cc1. The van der Waals surface area contributed by atoms with Crippen molar-refractivity contribution in [2.75, 3.05) is 19.0 Å². The van der Waals surface area contributed by atoms with E-state index in [2.05, 4.69) is 15.5 Å². The normalized spacial score (nSPS) is 23.9. The first kappa shape index (κ1) is 22.4. The molecule has 1 saturated carbocycles. The molecule has 178 valence electrons. The summed E-state index contributed by atoms with van der Waals surface area (Å²) < 4.78 is 5.29. The number of amides is 2. The molecule has 2 aliphatic rings. The molecule has 0 bridgehead atoms. The van der Waals surface area contributed by atoms with E-state index < -0.39 is 17.1 Å². The first-order valence-corrected chi connectivity index (χ1v) is 11.7. The first-order chi connectivity index (χ1) is 16.3. The molecule has 1 aromatic heterocycles. The third-order valence-electron chi connectivity index (χ3n) is 7.34. The highest BCUT2D eigenvalue weighted by Crippen LogP contribution is 2.45. The lowest BCUT2D eigenvalue weighted by Gasteiger charge is -2.35. The van der Waals surface area contributed by atoms with Crippen LogP contribution in [0.15, 0.2) is 48.7 Å². The first-order valence-electron chi connectivity index (χ1n) is 11.7. The molecule has 2 atom stereocenters. The van der Waals surface area contributed by atoms with Gasteiger partial charge in [0.25, 0.3) is 0 Å². The number of nitrogens with one attached hydrogen (secondary N) is 2. The molecule has 5 rings (SSSR count). The predicted molar refractivity (Wildman–Crippen MR) is 129 cm³/mol. The molecular formula is C26H30N4O4. The Kier molecular flexibility index (Phi) is 5.56. The van der Waals surface area contributed by atoms with Gasteiger partial charge < -0.3 is 20.1 Å². The summed E-state index contributed by atoms with van der Waals surface area (Å²) in [5, 5.41) is 21.6. The third-order valence-corrected chi connectivity index (χ3v) is 7.34. The molecule has 1 saturated heterocycles. The standard InChI is InChI=1S/C26H30N4O4/c1-25(33)14-22(23(31)28-20-6-5-7-21-19(20)15-27-29-21)30(16-25)24(32)26(12-3-4-13-26)17-8-10-18(34-2)11-9-17/h5-11,15,22,33H,3-4,12-14,16H2,1-2H3,(H,27,29)(H,28,31)/t22-,25-/m1/s1. The van der Waals surface area contributed by atoms with E-state index in [1.54, 1.807) is 25.1 Å². The van der Waals surface area contributed by atoms with Gasteiger partial charge in [0.15, 0.2) is 0 Å². The van der Waals surface area contributed by atoms with Gasteiger partial charge in [-0.1, -0.05) is 31.0 Å². The van der Waals surface area contributed by atoms with E-state index in [9.17, 15) is 14.7 Å². The van der Waals surface area contributed by atoms with Crippen LogP contribution in [0, 0.1) is 0 Å². The van der Waals surface area contributed by atoms with Crippen LogP contribution >= 0.6 is 0 Å². The highest BCUT2D eigenvalue weighted by atomic mass is 16.5. The zero-order valence-corrected chi connectivity index (χ0v) is 19.5. The summed E-state index contributed by atoms with van der Waals surface area (Å²) in [6.07, 6.45) is 5.18. The molecular weight excluding hydrogens is 432 g/mol. The summed E-state index contributed by atoms with van der Waals surface area (Å²) in [6.45, 7) is 1.81. The number of carbonyl (C=O) groups is 2. The average molecular weight is 463 g/mol. The van der Waals surface area contributed by atoms with Crippen molar-refractivity contribution in [3.8, 4) is 5.75 Å². The maximum Gasteiger partial charge on any atom is 0.247 e. The van der Waals surface area contributed by atoms with E-state index in [-0.39, 0.29) is 24.8 Å². The minimum absolute atomic E-state index is 0.0883. The van der Waals surface area contributed by atoms with Crippen LogP contribution in [-0.4, -0.2) is 57.3 Å². The second kappa shape index (κ2) is 8.43. The Bertz CT molecular complexity index is 1210. The van der Waals surface area contributed by atoms with Gasteiger partial charge in [0.1, 0.15) is 11.8 Å². The van der Waals surface area contributed by atoms with Crippen LogP contribution in [0.2, 0.25) is 0 Å². The number of carbonyl (C=O) groups excluding carboxylic acids is 2. The van der Waals surface area contributed by atoms with Crippen LogP contribution in [0.25, 0.3) is 10.9 Å². The topological polar surface area (TPSA) is 108 Å². The Labute approximate surface area is 198 Å². The molecule has 2 aromatic carbocycles. The van der Waals surface area contributed by atoms with E-state index >= 15 is 0 Å². The van der Waals surface area contributed by atoms with E-state index in [1.165, 1.54) is 0 Å². The molecule has 2 amide bonds. The summed E-state index contributed by atoms with van der Waals surface area (Å²) in [5.74, 6) is 0.344. The third kappa shape index (κ3) is 3.81. The van der Waals surface area contributed by atoms with Crippen molar-refractivity contribution in [3.05, 3.63) is 54.2 Å². The molecule has 8 heteroatoms. The quantitative estimate of drug-likeness (QED) is 0.539. The van der Waals surface area contributed by atoms with Gasteiger partial charge in [-0.3, -0.25) is 14.7 Å². The Morgan fingerprint density at radius 3 is 2.62 bits per heavy atom. The molecule has 8 nitrogen and oxygen atoms in total. The molecule has 1 aliphatic carbocycles. The summed E-state index contributed by atoms with van der Waals surface area (Å²) in [7, 11) is 1.62. The number of benzene rings is 2. The summed E-state index contributed by atoms with van der Waals surface area (Å²) in [5.41, 5.74) is 0.536. The number of aliphatic hydroxyl groups is 1. The number of aromatic amines is 1. The van der Waals surface area contributed by atoms with Crippen LogP contribution < -0.4 is 10.1 Å². The van der Waals surface area contributed by atoms with Crippen molar-refractivity contribution in [3.63, 3.8) is 0 Å². The number of H-pyrrole nitrogens is 1. The monoisotopic (exact) mass is 462 g/mol. The maximum absolute atomic E-state index is 14.1. The molecule has 2 heterocycles. The van der Waals surface area contributed by atoms with Crippen LogP contribution in [0.3, 0.4) is 0 Å². The maximum atomic E-state index is 14.1. The van der Waals surface area contributed by atoms with E-state index in [0.717, 1.165) is 47.9 Å². The second-order valence-corrected chi connectivity index (χ2v) is 9.79. The Hall–Kier alpha value is -3.39. The second-order valence-electron chi connectivity index (χ2n) is 9.79. The highest BCUT2D eigenvalue weighted by Gasteiger charge is 2.52. The number of hydrogen-bond acceptors (Lipinski definition) is 5. The number of nitrogens with zero attached hydrogens (tertiary/aromatic N) is 2. The van der Waals surface area contributed by atoms with Gasteiger partial charge in [-0.15, -0.1) is 0 Å². The number of methoxy groups -OCH3 is 1. The van der Waals surface area contributed by atoms with E-state index in [4.69, 9.17) is 4.74 Å². The number of aromatic nitrogens is 2. The smallest absolute Gasteiger partial charge is 0.247 e. The van der Waals surface area contributed by atoms with Gasteiger partial charge in [-0.2, -0.15) is 5.10 Å². The number of fused-ring (bicyclic) bond motifs is 1. The van der Waals surface area contributed by atoms with Gasteiger partial charge in [0.05, 0.1) is 42.1 Å². The Balaban J connectivity index is 1.45. The number of hydrogen-bond donors (Lipinski definition) is 3. The van der Waals surface area contributed by atoms with Gasteiger partial charge in [0.2, 0.25) is 11.8 Å². The molecule has 3 aromatic rings. The van der Waals surface area contributed by atoms with Crippen molar-refractivity contribution >= 4 is 28.4 Å². The number of ether oxygens (including phenoxy) is 1. The average Bonchev–Trinajstić information content (AvgIpc) is 3.57. The lowest BCUT2D eigenvalue weighted by atomic mass is 9.77. The largest absolute Gasteiger partial charge is 0.497 e. The highest BCUT2D eigenvalue weighted by molar-refractivity contribution is 6.04. The Morgan fingerprint density at radius 2 is 1.91 bits per heavy atom. The van der Waals surface area contributed by atoms with Gasteiger partial charge in [-0.05, 0) is 49.6 Å². The fourth-order valence-electron chi connectivity index (χ4n) is 5.60. The summed E-state index contributed by atoms with van der Waals surface area (Å²) in [6, 6.07) is 12.4. The zero-order valence-electron chi connectivity index (χ0n) is 19.5. The van der Waals surface area contributed by atoms with Crippen LogP contribution in [0.1, 0.15) is 44.6 Å². The minimum Gasteiger partial charge on any atom is -0.497 e. The van der Waals surface area contributed by atoms with Crippen LogP contribution in [-0.2, 0) is 15.0 Å². The number of β-amino-alcohol motifs (C(OH)–C–C–N with tert-alkyl or cyclic N) is 1. The molecule has 34 heavy (non-hydrogen) atoms. The van der Waals surface area contributed by atoms with E-state index in [1.807, 2.05) is 42.5 Å². The van der Waals surface area contributed by atoms with Crippen molar-refractivity contribution in [1.82, 2.24) is 15.1 Å². The van der Waals surface area contributed by atoms with Crippen LogP contribution in [0.5, 0.6) is 5.75 Å².